The first kappa shape index (κ1) is 12.3. The monoisotopic (exact) mass is 227 g/mol. The van der Waals surface area contributed by atoms with E-state index >= 15 is 0 Å². The van der Waals surface area contributed by atoms with Crippen LogP contribution in [0.5, 0.6) is 0 Å². The molecule has 2 rings (SSSR count). The number of ether oxygens (including phenoxy) is 1. The van der Waals surface area contributed by atoms with Gasteiger partial charge in [-0.1, -0.05) is 13.8 Å². The van der Waals surface area contributed by atoms with Crippen molar-refractivity contribution in [2.24, 2.45) is 17.8 Å². The molecule has 0 aromatic rings. The Labute approximate surface area is 98.8 Å². The summed E-state index contributed by atoms with van der Waals surface area (Å²) in [4.78, 5) is 2.48. The van der Waals surface area contributed by atoms with Crippen molar-refractivity contribution < 1.29 is 9.84 Å². The average molecular weight is 227 g/mol. The van der Waals surface area contributed by atoms with E-state index in [9.17, 15) is 5.11 Å². The van der Waals surface area contributed by atoms with Crippen molar-refractivity contribution in [3.05, 3.63) is 0 Å². The molecule has 1 saturated carbocycles. The molecule has 2 aliphatic rings. The topological polar surface area (TPSA) is 32.7 Å². The molecule has 1 aliphatic heterocycles. The zero-order valence-corrected chi connectivity index (χ0v) is 10.9. The summed E-state index contributed by atoms with van der Waals surface area (Å²) in [5, 5.41) is 9.53. The van der Waals surface area contributed by atoms with Crippen LogP contribution in [0.2, 0.25) is 0 Å². The molecule has 0 spiro atoms. The Kier molecular flexibility index (Phi) is 3.30. The number of hydrogen-bond donors (Lipinski definition) is 1. The predicted octanol–water partition coefficient (Wildman–Crippen LogP) is 1.36. The fraction of sp³-hybridized carbons (Fsp3) is 1.00. The van der Waals surface area contributed by atoms with Gasteiger partial charge in [0.15, 0.2) is 0 Å². The van der Waals surface area contributed by atoms with Gasteiger partial charge in [-0.2, -0.15) is 0 Å². The first-order chi connectivity index (χ1) is 7.56. The van der Waals surface area contributed by atoms with Crippen LogP contribution in [-0.2, 0) is 4.74 Å². The number of hydrogen-bond acceptors (Lipinski definition) is 3. The van der Waals surface area contributed by atoms with Gasteiger partial charge in [0.05, 0.1) is 12.2 Å². The Hall–Kier alpha value is -0.120. The van der Waals surface area contributed by atoms with E-state index in [2.05, 4.69) is 32.6 Å². The largest absolute Gasteiger partial charge is 0.396 e. The third-order valence-corrected chi connectivity index (χ3v) is 4.71. The molecule has 1 saturated heterocycles. The Morgan fingerprint density at radius 2 is 1.94 bits per heavy atom. The molecule has 94 valence electrons. The summed E-state index contributed by atoms with van der Waals surface area (Å²) in [7, 11) is 0. The molecule has 16 heavy (non-hydrogen) atoms. The first-order valence-electron chi connectivity index (χ1n) is 6.55. The zero-order chi connectivity index (χ0) is 11.9. The summed E-state index contributed by atoms with van der Waals surface area (Å²) in [6.07, 6.45) is 0. The van der Waals surface area contributed by atoms with Crippen LogP contribution in [0.4, 0.5) is 0 Å². The van der Waals surface area contributed by atoms with Gasteiger partial charge in [-0.3, -0.25) is 0 Å². The van der Waals surface area contributed by atoms with Gasteiger partial charge in [-0.05, 0) is 32.9 Å². The molecule has 0 aromatic carbocycles. The molecule has 3 heteroatoms. The van der Waals surface area contributed by atoms with E-state index < -0.39 is 0 Å². The Morgan fingerprint density at radius 3 is 2.44 bits per heavy atom. The predicted molar refractivity (Wildman–Crippen MR) is 64.3 cm³/mol. The highest BCUT2D eigenvalue weighted by Crippen LogP contribution is 2.54. The molecule has 2 fully saturated rings. The summed E-state index contributed by atoms with van der Waals surface area (Å²) in [5.74, 6) is 1.60. The molecular formula is C13H25NO2. The van der Waals surface area contributed by atoms with Crippen molar-refractivity contribution >= 4 is 0 Å². The van der Waals surface area contributed by atoms with E-state index in [1.165, 1.54) is 0 Å². The van der Waals surface area contributed by atoms with E-state index in [1.807, 2.05) is 0 Å². The molecule has 3 nitrogen and oxygen atoms in total. The standard InChI is InChI=1S/C13H25NO2/c1-5-14(6-2)12-9(7-15)10-8-16-13(3,4)11(10)12/h9-12,15H,5-8H2,1-4H3/t9-,10+,11+,12+/m1/s1. The van der Waals surface area contributed by atoms with Crippen molar-refractivity contribution in [1.29, 1.82) is 0 Å². The lowest BCUT2D eigenvalue weighted by Gasteiger charge is -2.55. The van der Waals surface area contributed by atoms with Gasteiger partial charge < -0.3 is 14.7 Å². The Balaban J connectivity index is 2.16. The number of rotatable bonds is 4. The fourth-order valence-electron chi connectivity index (χ4n) is 3.84. The van der Waals surface area contributed by atoms with Gasteiger partial charge in [-0.15, -0.1) is 0 Å². The first-order valence-corrected chi connectivity index (χ1v) is 6.55. The zero-order valence-electron chi connectivity index (χ0n) is 10.9. The second-order valence-corrected chi connectivity index (χ2v) is 5.66. The maximum Gasteiger partial charge on any atom is 0.0673 e. The summed E-state index contributed by atoms with van der Waals surface area (Å²) in [6.45, 7) is 12.1. The highest BCUT2D eigenvalue weighted by atomic mass is 16.5. The third-order valence-electron chi connectivity index (χ3n) is 4.71. The summed E-state index contributed by atoms with van der Waals surface area (Å²) in [5.41, 5.74) is -0.0103. The highest BCUT2D eigenvalue weighted by molar-refractivity contribution is 5.11. The van der Waals surface area contributed by atoms with Gasteiger partial charge in [0.2, 0.25) is 0 Å². The van der Waals surface area contributed by atoms with Crippen LogP contribution in [0.3, 0.4) is 0 Å². The Morgan fingerprint density at radius 1 is 1.31 bits per heavy atom. The van der Waals surface area contributed by atoms with Gasteiger partial charge >= 0.3 is 0 Å². The normalized spacial score (nSPS) is 40.9. The molecule has 0 aromatic heterocycles. The number of fused-ring (bicyclic) bond motifs is 1. The van der Waals surface area contributed by atoms with Gasteiger partial charge in [0.1, 0.15) is 0 Å². The van der Waals surface area contributed by atoms with Crippen molar-refractivity contribution in [2.75, 3.05) is 26.3 Å². The van der Waals surface area contributed by atoms with Crippen LogP contribution < -0.4 is 0 Å². The second-order valence-electron chi connectivity index (χ2n) is 5.66. The van der Waals surface area contributed by atoms with E-state index in [0.717, 1.165) is 19.7 Å². The lowest BCUT2D eigenvalue weighted by Crippen LogP contribution is -2.64. The average Bonchev–Trinajstić information content (AvgIpc) is 2.47. The van der Waals surface area contributed by atoms with Gasteiger partial charge in [-0.25, -0.2) is 0 Å². The van der Waals surface area contributed by atoms with E-state index in [0.29, 0.717) is 30.4 Å². The minimum atomic E-state index is -0.0103. The van der Waals surface area contributed by atoms with Crippen LogP contribution in [0, 0.1) is 17.8 Å². The number of aliphatic hydroxyl groups excluding tert-OH is 1. The van der Waals surface area contributed by atoms with Crippen LogP contribution in [-0.4, -0.2) is 48.0 Å². The smallest absolute Gasteiger partial charge is 0.0673 e. The maximum absolute atomic E-state index is 9.53. The van der Waals surface area contributed by atoms with Crippen LogP contribution in [0.1, 0.15) is 27.7 Å². The van der Waals surface area contributed by atoms with Crippen LogP contribution in [0.15, 0.2) is 0 Å². The third kappa shape index (κ3) is 1.60. The van der Waals surface area contributed by atoms with Crippen LogP contribution in [0.25, 0.3) is 0 Å². The van der Waals surface area contributed by atoms with Crippen molar-refractivity contribution in [3.8, 4) is 0 Å². The van der Waals surface area contributed by atoms with Gasteiger partial charge in [0.25, 0.3) is 0 Å². The molecular weight excluding hydrogens is 202 g/mol. The highest BCUT2D eigenvalue weighted by Gasteiger charge is 2.61. The molecule has 1 heterocycles. The summed E-state index contributed by atoms with van der Waals surface area (Å²) >= 11 is 0. The van der Waals surface area contributed by atoms with E-state index in [4.69, 9.17) is 4.74 Å². The van der Waals surface area contributed by atoms with Crippen molar-refractivity contribution in [1.82, 2.24) is 4.90 Å². The SMILES string of the molecule is CCN(CC)[C@H]1[C@H](CO)[C@@H]2COC(C)(C)[C@@H]21. The molecule has 1 aliphatic carbocycles. The van der Waals surface area contributed by atoms with Gasteiger partial charge in [0, 0.05) is 24.5 Å². The minimum absolute atomic E-state index is 0.0103. The number of nitrogens with zero attached hydrogens (tertiary/aromatic N) is 1. The molecule has 4 atom stereocenters. The van der Waals surface area contributed by atoms with Crippen molar-refractivity contribution in [2.45, 2.75) is 39.3 Å². The molecule has 0 radical (unpaired) electrons. The lowest BCUT2D eigenvalue weighted by atomic mass is 9.57. The maximum atomic E-state index is 9.53. The molecule has 1 N–H and O–H groups in total. The van der Waals surface area contributed by atoms with Crippen molar-refractivity contribution in [3.63, 3.8) is 0 Å². The van der Waals surface area contributed by atoms with Crippen LogP contribution >= 0.6 is 0 Å². The molecule has 0 amide bonds. The molecule has 0 bridgehead atoms. The lowest BCUT2D eigenvalue weighted by molar-refractivity contribution is -0.0948. The quantitative estimate of drug-likeness (QED) is 0.787. The number of aliphatic hydroxyl groups is 1. The summed E-state index contributed by atoms with van der Waals surface area (Å²) < 4.78 is 5.89. The molecule has 0 unspecified atom stereocenters. The summed E-state index contributed by atoms with van der Waals surface area (Å²) in [6, 6.07) is 0.516. The fourth-order valence-corrected chi connectivity index (χ4v) is 3.84. The Bertz CT molecular complexity index is 250. The second kappa shape index (κ2) is 4.28. The van der Waals surface area contributed by atoms with E-state index in [1.54, 1.807) is 0 Å². The minimum Gasteiger partial charge on any atom is -0.396 e. The van der Waals surface area contributed by atoms with E-state index in [-0.39, 0.29) is 5.60 Å².